The van der Waals surface area contributed by atoms with E-state index in [1.807, 2.05) is 30.3 Å². The summed E-state index contributed by atoms with van der Waals surface area (Å²) >= 11 is 1.17. The molecule has 34 heavy (non-hydrogen) atoms. The van der Waals surface area contributed by atoms with Crippen LogP contribution in [0.5, 0.6) is 11.5 Å². The second kappa shape index (κ2) is 8.76. The summed E-state index contributed by atoms with van der Waals surface area (Å²) in [4.78, 5) is 26.3. The average molecular weight is 474 g/mol. The van der Waals surface area contributed by atoms with E-state index in [0.717, 1.165) is 5.56 Å². The number of Topliss-reactive ketones (excluding diaryl/α,β-unsaturated/α-hetero) is 1. The van der Waals surface area contributed by atoms with Crippen LogP contribution < -0.4 is 14.8 Å². The Morgan fingerprint density at radius 2 is 1.65 bits per heavy atom. The first-order valence-electron chi connectivity index (χ1n) is 10.6. The van der Waals surface area contributed by atoms with E-state index in [2.05, 4.69) is 5.32 Å². The van der Waals surface area contributed by atoms with Crippen molar-refractivity contribution < 1.29 is 23.5 Å². The highest BCUT2D eigenvalue weighted by molar-refractivity contribution is 7.15. The van der Waals surface area contributed by atoms with E-state index < -0.39 is 17.4 Å². The van der Waals surface area contributed by atoms with Gasteiger partial charge in [0.1, 0.15) is 23.1 Å². The number of fused-ring (bicyclic) bond motifs is 1. The Morgan fingerprint density at radius 3 is 2.35 bits per heavy atom. The molecule has 0 radical (unpaired) electrons. The zero-order chi connectivity index (χ0) is 23.7. The molecule has 0 aliphatic carbocycles. The number of amides is 1. The van der Waals surface area contributed by atoms with E-state index >= 15 is 4.39 Å². The number of carbonyl (C=O) groups is 2. The summed E-state index contributed by atoms with van der Waals surface area (Å²) in [6.07, 6.45) is 0. The monoisotopic (exact) mass is 473 g/mol. The molecule has 0 spiro atoms. The Balaban J connectivity index is 1.59. The molecule has 4 aromatic rings. The Labute approximate surface area is 199 Å². The summed E-state index contributed by atoms with van der Waals surface area (Å²) in [6.45, 7) is 0.314. The number of methoxy groups -OCH3 is 1. The summed E-state index contributed by atoms with van der Waals surface area (Å²) in [6, 6.07) is 22.7. The fraction of sp³-hybridized carbons (Fsp3) is 0.111. The molecular formula is C27H20FNO4S. The van der Waals surface area contributed by atoms with Gasteiger partial charge in [-0.25, -0.2) is 4.39 Å². The SMILES string of the molecule is COc1ccc(OCc2ccccc2)c(-c2csc3c2C(=O)C(F)(c2ccccc2)C(=O)N3)c1. The lowest BCUT2D eigenvalue weighted by Crippen LogP contribution is -2.47. The molecule has 1 atom stereocenters. The second-order valence-corrected chi connectivity index (χ2v) is 8.68. The molecule has 1 unspecified atom stereocenters. The van der Waals surface area contributed by atoms with Crippen molar-refractivity contribution in [2.45, 2.75) is 12.3 Å². The number of nitrogens with one attached hydrogen (secondary N) is 1. The number of carbonyl (C=O) groups excluding carboxylic acids is 2. The van der Waals surface area contributed by atoms with Gasteiger partial charge in [-0.2, -0.15) is 0 Å². The Morgan fingerprint density at radius 1 is 0.941 bits per heavy atom. The van der Waals surface area contributed by atoms with Gasteiger partial charge >= 0.3 is 0 Å². The van der Waals surface area contributed by atoms with Crippen LogP contribution in [0.1, 0.15) is 21.5 Å². The molecule has 1 N–H and O–H groups in total. The van der Waals surface area contributed by atoms with Crippen molar-refractivity contribution in [2.75, 3.05) is 12.4 Å². The first-order valence-corrected chi connectivity index (χ1v) is 11.5. The number of hydrogen-bond donors (Lipinski definition) is 1. The number of hydrogen-bond acceptors (Lipinski definition) is 5. The lowest BCUT2D eigenvalue weighted by atomic mass is 9.83. The first-order chi connectivity index (χ1) is 16.5. The maximum Gasteiger partial charge on any atom is 0.275 e. The van der Waals surface area contributed by atoms with Gasteiger partial charge in [0.15, 0.2) is 0 Å². The van der Waals surface area contributed by atoms with E-state index in [1.54, 1.807) is 48.9 Å². The lowest BCUT2D eigenvalue weighted by molar-refractivity contribution is -0.125. The maximum atomic E-state index is 16.1. The molecule has 1 aliphatic rings. The van der Waals surface area contributed by atoms with Gasteiger partial charge in [0.2, 0.25) is 5.78 Å². The van der Waals surface area contributed by atoms with Crippen LogP contribution in [0.3, 0.4) is 0 Å². The number of ketones is 1. The Bertz CT molecular complexity index is 1370. The molecular weight excluding hydrogens is 453 g/mol. The summed E-state index contributed by atoms with van der Waals surface area (Å²) < 4.78 is 27.6. The molecule has 0 saturated heterocycles. The highest BCUT2D eigenvalue weighted by Crippen LogP contribution is 2.47. The van der Waals surface area contributed by atoms with Crippen molar-refractivity contribution in [1.29, 1.82) is 0 Å². The zero-order valence-corrected chi connectivity index (χ0v) is 19.0. The van der Waals surface area contributed by atoms with Gasteiger partial charge in [-0.15, -0.1) is 11.3 Å². The molecule has 5 nitrogen and oxygen atoms in total. The fourth-order valence-corrected chi connectivity index (χ4v) is 4.93. The molecule has 0 bridgehead atoms. The number of benzene rings is 3. The third-order valence-electron chi connectivity index (χ3n) is 5.76. The van der Waals surface area contributed by atoms with Gasteiger partial charge < -0.3 is 14.8 Å². The van der Waals surface area contributed by atoms with Gasteiger partial charge in [0, 0.05) is 22.1 Å². The van der Waals surface area contributed by atoms with Crippen LogP contribution in [0.25, 0.3) is 11.1 Å². The highest BCUT2D eigenvalue weighted by atomic mass is 32.1. The van der Waals surface area contributed by atoms with Crippen molar-refractivity contribution in [3.63, 3.8) is 0 Å². The summed E-state index contributed by atoms with van der Waals surface area (Å²) in [7, 11) is 1.54. The fourth-order valence-electron chi connectivity index (χ4n) is 3.98. The molecule has 1 aromatic heterocycles. The number of halogens is 1. The van der Waals surface area contributed by atoms with Gasteiger partial charge in [-0.1, -0.05) is 60.7 Å². The molecule has 3 aromatic carbocycles. The molecule has 0 saturated carbocycles. The predicted octanol–water partition coefficient (Wildman–Crippen LogP) is 6.00. The van der Waals surface area contributed by atoms with Crippen LogP contribution >= 0.6 is 11.3 Å². The van der Waals surface area contributed by atoms with Crippen molar-refractivity contribution >= 4 is 28.0 Å². The van der Waals surface area contributed by atoms with Crippen LogP contribution in [-0.4, -0.2) is 18.8 Å². The van der Waals surface area contributed by atoms with E-state index in [1.165, 1.54) is 23.5 Å². The van der Waals surface area contributed by atoms with Gasteiger partial charge in [-0.3, -0.25) is 9.59 Å². The van der Waals surface area contributed by atoms with Crippen LogP contribution in [0.4, 0.5) is 9.39 Å². The zero-order valence-electron chi connectivity index (χ0n) is 18.2. The van der Waals surface area contributed by atoms with Crippen LogP contribution in [0, 0.1) is 0 Å². The predicted molar refractivity (Wildman–Crippen MR) is 129 cm³/mol. The lowest BCUT2D eigenvalue weighted by Gasteiger charge is -2.28. The number of ether oxygens (including phenoxy) is 2. The molecule has 0 fully saturated rings. The quantitative estimate of drug-likeness (QED) is 0.349. The molecule has 5 rings (SSSR count). The third kappa shape index (κ3) is 3.64. The van der Waals surface area contributed by atoms with E-state index in [9.17, 15) is 9.59 Å². The molecule has 170 valence electrons. The standard InChI is InChI=1S/C27H20FNO4S/c1-32-19-12-13-22(33-15-17-8-4-2-5-9-17)20(14-19)21-16-34-25-23(21)24(30)27(28,26(31)29-25)18-10-6-3-7-11-18/h2-14,16H,15H2,1H3,(H,29,31). The van der Waals surface area contributed by atoms with E-state index in [4.69, 9.17) is 9.47 Å². The molecule has 1 amide bonds. The number of anilines is 1. The minimum atomic E-state index is -2.83. The Kier molecular flexibility index (Phi) is 5.63. The topological polar surface area (TPSA) is 64.6 Å². The average Bonchev–Trinajstić information content (AvgIpc) is 3.30. The maximum absolute atomic E-state index is 16.1. The highest BCUT2D eigenvalue weighted by Gasteiger charge is 2.53. The molecule has 1 aliphatic heterocycles. The summed E-state index contributed by atoms with van der Waals surface area (Å²) in [5.41, 5.74) is -0.682. The van der Waals surface area contributed by atoms with Gasteiger partial charge in [0.05, 0.1) is 12.7 Å². The third-order valence-corrected chi connectivity index (χ3v) is 6.65. The minimum Gasteiger partial charge on any atom is -0.497 e. The Hall–Kier alpha value is -3.97. The van der Waals surface area contributed by atoms with Crippen molar-refractivity contribution in [3.8, 4) is 22.6 Å². The van der Waals surface area contributed by atoms with Crippen LogP contribution in [-0.2, 0) is 17.1 Å². The van der Waals surface area contributed by atoms with Crippen molar-refractivity contribution in [3.05, 3.63) is 101 Å². The largest absolute Gasteiger partial charge is 0.497 e. The molecule has 7 heteroatoms. The second-order valence-electron chi connectivity index (χ2n) is 7.80. The van der Waals surface area contributed by atoms with E-state index in [0.29, 0.717) is 34.2 Å². The van der Waals surface area contributed by atoms with Crippen LogP contribution in [0.15, 0.2) is 84.2 Å². The van der Waals surface area contributed by atoms with E-state index in [-0.39, 0.29) is 11.1 Å². The first kappa shape index (κ1) is 21.9. The normalized spacial score (nSPS) is 17.1. The number of thiophene rings is 1. The number of alkyl halides is 1. The minimum absolute atomic E-state index is 0.00788. The summed E-state index contributed by atoms with van der Waals surface area (Å²) in [5.74, 6) is -0.815. The van der Waals surface area contributed by atoms with Crippen molar-refractivity contribution in [1.82, 2.24) is 0 Å². The number of rotatable bonds is 6. The summed E-state index contributed by atoms with van der Waals surface area (Å²) in [5, 5.41) is 4.62. The smallest absolute Gasteiger partial charge is 0.275 e. The van der Waals surface area contributed by atoms with Gasteiger partial charge in [0.25, 0.3) is 11.6 Å². The molecule has 2 heterocycles. The van der Waals surface area contributed by atoms with Crippen LogP contribution in [0.2, 0.25) is 0 Å². The van der Waals surface area contributed by atoms with Crippen molar-refractivity contribution in [2.24, 2.45) is 0 Å². The van der Waals surface area contributed by atoms with Gasteiger partial charge in [-0.05, 0) is 23.8 Å².